The zero-order valence-electron chi connectivity index (χ0n) is 23.2. The number of amides is 2. The summed E-state index contributed by atoms with van der Waals surface area (Å²) in [6, 6.07) is 17.9. The van der Waals surface area contributed by atoms with E-state index in [0.29, 0.717) is 13.0 Å². The van der Waals surface area contributed by atoms with Crippen molar-refractivity contribution >= 4 is 23.1 Å². The van der Waals surface area contributed by atoms with Gasteiger partial charge >= 0.3 is 12.2 Å². The molecule has 8 nitrogen and oxygen atoms in total. The van der Waals surface area contributed by atoms with Crippen LogP contribution >= 0.6 is 0 Å². The number of rotatable bonds is 7. The van der Waals surface area contributed by atoms with Gasteiger partial charge in [-0.3, -0.25) is 0 Å². The van der Waals surface area contributed by atoms with E-state index >= 15 is 0 Å². The molecule has 5 rings (SSSR count). The number of carbonyl (C=O) groups is 2. The van der Waals surface area contributed by atoms with Gasteiger partial charge in [0.05, 0.1) is 25.3 Å². The summed E-state index contributed by atoms with van der Waals surface area (Å²) in [4.78, 5) is 27.5. The Morgan fingerprint density at radius 1 is 0.821 bits per heavy atom. The van der Waals surface area contributed by atoms with Crippen molar-refractivity contribution < 1.29 is 19.8 Å². The molecule has 1 aliphatic heterocycles. The van der Waals surface area contributed by atoms with Crippen molar-refractivity contribution in [3.63, 3.8) is 0 Å². The number of carboxylic acid groups (broad SMARTS) is 2. The van der Waals surface area contributed by atoms with Gasteiger partial charge in [-0.25, -0.2) is 9.59 Å². The van der Waals surface area contributed by atoms with Crippen LogP contribution in [0, 0.1) is 0 Å². The summed E-state index contributed by atoms with van der Waals surface area (Å²) in [5.74, 6) is 0. The van der Waals surface area contributed by atoms with E-state index < -0.39 is 12.2 Å². The summed E-state index contributed by atoms with van der Waals surface area (Å²) in [6.07, 6.45) is -1.34. The van der Waals surface area contributed by atoms with Gasteiger partial charge in [-0.2, -0.15) is 0 Å². The average molecular weight is 529 g/mol. The average Bonchev–Trinajstić information content (AvgIpc) is 3.35. The highest BCUT2D eigenvalue weighted by molar-refractivity contribution is 5.86. The van der Waals surface area contributed by atoms with Gasteiger partial charge in [0.15, 0.2) is 0 Å². The Hall–Kier alpha value is -4.20. The Kier molecular flexibility index (Phi) is 6.89. The van der Waals surface area contributed by atoms with Crippen LogP contribution in [0.5, 0.6) is 0 Å². The summed E-state index contributed by atoms with van der Waals surface area (Å²) >= 11 is 0. The standard InChI is InChI=1S/C31H36N4O4/c1-19(2)33(30(36)37)16-24-25(17-34(20(3)4)31(38)39)29(21-11-7-6-8-12-21)35-18-28-23(15-27(24)35)22-13-9-10-14-26(22)32(28)5/h6-14,19-20H,15-18H2,1-5H3,(H,36,37)(H,38,39). The monoisotopic (exact) mass is 528 g/mol. The van der Waals surface area contributed by atoms with Crippen LogP contribution in [0.4, 0.5) is 9.59 Å². The normalized spacial score (nSPS) is 12.6. The molecule has 2 amide bonds. The topological polar surface area (TPSA) is 90.9 Å². The highest BCUT2D eigenvalue weighted by Crippen LogP contribution is 2.41. The summed E-state index contributed by atoms with van der Waals surface area (Å²) in [5, 5.41) is 21.4. The van der Waals surface area contributed by atoms with Gasteiger partial charge in [0.1, 0.15) is 0 Å². The molecule has 0 atom stereocenters. The highest BCUT2D eigenvalue weighted by Gasteiger charge is 2.33. The van der Waals surface area contributed by atoms with E-state index in [9.17, 15) is 19.8 Å². The Balaban J connectivity index is 1.79. The van der Waals surface area contributed by atoms with E-state index in [1.807, 2.05) is 64.1 Å². The first-order valence-corrected chi connectivity index (χ1v) is 13.4. The van der Waals surface area contributed by atoms with Crippen molar-refractivity contribution in [2.45, 2.75) is 65.8 Å². The minimum absolute atomic E-state index is 0.176. The molecular formula is C31H36N4O4. The lowest BCUT2D eigenvalue weighted by Crippen LogP contribution is -2.37. The molecule has 0 unspecified atom stereocenters. The molecule has 204 valence electrons. The van der Waals surface area contributed by atoms with E-state index in [2.05, 4.69) is 34.4 Å². The zero-order valence-corrected chi connectivity index (χ0v) is 23.2. The van der Waals surface area contributed by atoms with Gasteiger partial charge in [0.2, 0.25) is 0 Å². The maximum absolute atomic E-state index is 12.3. The lowest BCUT2D eigenvalue weighted by molar-refractivity contribution is 0.123. The third-order valence-corrected chi connectivity index (χ3v) is 8.03. The molecule has 2 aromatic carbocycles. The number of nitrogens with zero attached hydrogens (tertiary/aromatic N) is 4. The molecule has 0 spiro atoms. The predicted octanol–water partition coefficient (Wildman–Crippen LogP) is 6.38. The van der Waals surface area contributed by atoms with Crippen molar-refractivity contribution in [1.29, 1.82) is 0 Å². The lowest BCUT2D eigenvalue weighted by atomic mass is 9.98. The number of para-hydroxylation sites is 1. The molecule has 0 saturated heterocycles. The Morgan fingerprint density at radius 3 is 1.97 bits per heavy atom. The predicted molar refractivity (Wildman–Crippen MR) is 152 cm³/mol. The number of aryl methyl sites for hydroxylation is 1. The van der Waals surface area contributed by atoms with Gasteiger partial charge < -0.3 is 29.1 Å². The van der Waals surface area contributed by atoms with E-state index in [-0.39, 0.29) is 25.2 Å². The maximum Gasteiger partial charge on any atom is 0.407 e. The molecule has 0 bridgehead atoms. The number of fused-ring (bicyclic) bond motifs is 4. The fourth-order valence-corrected chi connectivity index (χ4v) is 5.96. The van der Waals surface area contributed by atoms with Gasteiger partial charge in [0.25, 0.3) is 0 Å². The van der Waals surface area contributed by atoms with E-state index in [1.54, 1.807) is 0 Å². The summed E-state index contributed by atoms with van der Waals surface area (Å²) < 4.78 is 4.54. The fraction of sp³-hybridized carbons (Fsp3) is 0.355. The van der Waals surface area contributed by atoms with Crippen LogP contribution in [0.3, 0.4) is 0 Å². The van der Waals surface area contributed by atoms with Crippen molar-refractivity contribution in [3.05, 3.63) is 82.7 Å². The lowest BCUT2D eigenvalue weighted by Gasteiger charge is -2.27. The SMILES string of the molecule is CC(C)N(Cc1c(CN(C(=O)O)C(C)C)c(-c2ccccc2)n2c1Cc1c(n(C)c3ccccc13)C2)C(=O)O. The molecule has 0 fully saturated rings. The van der Waals surface area contributed by atoms with Crippen molar-refractivity contribution in [1.82, 2.24) is 18.9 Å². The second kappa shape index (κ2) is 10.2. The van der Waals surface area contributed by atoms with Crippen LogP contribution in [-0.2, 0) is 33.1 Å². The quantitative estimate of drug-likeness (QED) is 0.257. The van der Waals surface area contributed by atoms with Crippen LogP contribution in [0.2, 0.25) is 0 Å². The molecule has 0 aliphatic carbocycles. The molecule has 3 heterocycles. The Bertz CT molecular complexity index is 1550. The Labute approximate surface area is 228 Å². The van der Waals surface area contributed by atoms with Crippen LogP contribution in [0.1, 0.15) is 55.8 Å². The second-order valence-corrected chi connectivity index (χ2v) is 10.9. The first kappa shape index (κ1) is 26.4. The maximum atomic E-state index is 12.3. The second-order valence-electron chi connectivity index (χ2n) is 10.9. The Morgan fingerprint density at radius 2 is 1.38 bits per heavy atom. The first-order valence-electron chi connectivity index (χ1n) is 13.4. The summed E-state index contributed by atoms with van der Waals surface area (Å²) in [7, 11) is 2.09. The molecule has 2 aromatic heterocycles. The molecule has 39 heavy (non-hydrogen) atoms. The third kappa shape index (κ3) is 4.54. The van der Waals surface area contributed by atoms with Gasteiger partial charge in [0, 0.05) is 53.4 Å². The van der Waals surface area contributed by atoms with Crippen molar-refractivity contribution in [3.8, 4) is 11.3 Å². The van der Waals surface area contributed by atoms with Crippen LogP contribution in [0.15, 0.2) is 54.6 Å². The van der Waals surface area contributed by atoms with Gasteiger partial charge in [-0.1, -0.05) is 48.5 Å². The summed E-state index contributed by atoms with van der Waals surface area (Å²) in [6.45, 7) is 8.46. The molecule has 8 heteroatoms. The number of hydrogen-bond acceptors (Lipinski definition) is 2. The zero-order chi connectivity index (χ0) is 28.0. The molecule has 0 saturated carbocycles. The smallest absolute Gasteiger partial charge is 0.407 e. The third-order valence-electron chi connectivity index (χ3n) is 8.03. The van der Waals surface area contributed by atoms with Crippen LogP contribution < -0.4 is 0 Å². The van der Waals surface area contributed by atoms with E-state index in [4.69, 9.17) is 0 Å². The van der Waals surface area contributed by atoms with Crippen LogP contribution in [0.25, 0.3) is 22.2 Å². The number of aromatic nitrogens is 2. The van der Waals surface area contributed by atoms with Crippen LogP contribution in [-0.4, -0.2) is 53.4 Å². The number of benzene rings is 2. The fourth-order valence-electron chi connectivity index (χ4n) is 5.96. The van der Waals surface area contributed by atoms with Gasteiger partial charge in [-0.05, 0) is 50.5 Å². The number of hydrogen-bond donors (Lipinski definition) is 2. The molecular weight excluding hydrogens is 492 g/mol. The van der Waals surface area contributed by atoms with E-state index in [0.717, 1.165) is 28.1 Å². The minimum Gasteiger partial charge on any atom is -0.465 e. The molecule has 2 N–H and O–H groups in total. The highest BCUT2D eigenvalue weighted by atomic mass is 16.4. The van der Waals surface area contributed by atoms with E-state index in [1.165, 1.54) is 32.0 Å². The largest absolute Gasteiger partial charge is 0.465 e. The van der Waals surface area contributed by atoms with Gasteiger partial charge in [-0.15, -0.1) is 0 Å². The van der Waals surface area contributed by atoms with Crippen molar-refractivity contribution in [2.75, 3.05) is 0 Å². The minimum atomic E-state index is -0.993. The first-order chi connectivity index (χ1) is 18.6. The molecule has 0 radical (unpaired) electrons. The summed E-state index contributed by atoms with van der Waals surface area (Å²) in [5.41, 5.74) is 8.39. The molecule has 1 aliphatic rings. The molecule has 4 aromatic rings. The van der Waals surface area contributed by atoms with Crippen molar-refractivity contribution in [2.24, 2.45) is 7.05 Å².